The fraction of sp³-hybridized carbons (Fsp3) is 0.308. The minimum absolute atomic E-state index is 0.0647. The molecule has 1 fully saturated rings. The van der Waals surface area contributed by atoms with Crippen LogP contribution < -0.4 is 26.2 Å². The lowest BCUT2D eigenvalue weighted by Crippen LogP contribution is -2.39. The van der Waals surface area contributed by atoms with Crippen molar-refractivity contribution in [3.05, 3.63) is 105 Å². The van der Waals surface area contributed by atoms with Gasteiger partial charge < -0.3 is 40.2 Å². The average Bonchev–Trinajstić information content (AvgIpc) is 3.60. The third kappa shape index (κ3) is 8.98. The number of methoxy groups -OCH3 is 1. The first-order valence-corrected chi connectivity index (χ1v) is 18.1. The Morgan fingerprint density at radius 3 is 2.58 bits per heavy atom. The van der Waals surface area contributed by atoms with Crippen LogP contribution in [0.1, 0.15) is 42.1 Å². The predicted molar refractivity (Wildman–Crippen MR) is 203 cm³/mol. The van der Waals surface area contributed by atoms with Gasteiger partial charge in [-0.3, -0.25) is 14.9 Å². The number of fused-ring (bicyclic) bond motifs is 1. The number of hydrogen-bond donors (Lipinski definition) is 6. The molecule has 52 heavy (non-hydrogen) atoms. The van der Waals surface area contributed by atoms with Crippen molar-refractivity contribution >= 4 is 45.6 Å². The maximum absolute atomic E-state index is 13.0. The van der Waals surface area contributed by atoms with Crippen molar-refractivity contribution in [2.75, 3.05) is 43.9 Å². The number of phenolic OH excluding ortho intramolecular Hbond substituents is 1. The maximum Gasteiger partial charge on any atom is 0.411 e. The highest BCUT2D eigenvalue weighted by Gasteiger charge is 2.24. The van der Waals surface area contributed by atoms with E-state index in [1.807, 2.05) is 54.8 Å². The van der Waals surface area contributed by atoms with E-state index in [-0.39, 0.29) is 35.4 Å². The van der Waals surface area contributed by atoms with Gasteiger partial charge in [0.15, 0.2) is 0 Å². The van der Waals surface area contributed by atoms with Gasteiger partial charge in [-0.15, -0.1) is 11.3 Å². The third-order valence-electron chi connectivity index (χ3n) is 9.22. The van der Waals surface area contributed by atoms with Gasteiger partial charge in [-0.1, -0.05) is 36.4 Å². The molecular weight excluding hydrogens is 683 g/mol. The number of aryl methyl sites for hydroxylation is 1. The van der Waals surface area contributed by atoms with Crippen molar-refractivity contribution in [3.8, 4) is 21.9 Å². The van der Waals surface area contributed by atoms with E-state index in [1.165, 1.54) is 12.1 Å². The topological polar surface area (TPSA) is 165 Å². The number of H-pyrrole nitrogens is 1. The summed E-state index contributed by atoms with van der Waals surface area (Å²) >= 11 is 1.57. The van der Waals surface area contributed by atoms with Crippen molar-refractivity contribution in [2.45, 2.75) is 44.9 Å². The first-order chi connectivity index (χ1) is 25.2. The summed E-state index contributed by atoms with van der Waals surface area (Å²) in [6.45, 7) is 4.56. The number of aromatic hydroxyl groups is 1. The quantitative estimate of drug-likeness (QED) is 0.0836. The van der Waals surface area contributed by atoms with Crippen molar-refractivity contribution in [1.82, 2.24) is 15.2 Å². The van der Waals surface area contributed by atoms with Gasteiger partial charge in [0.2, 0.25) is 11.5 Å². The molecule has 0 bridgehead atoms. The Morgan fingerprint density at radius 1 is 1.02 bits per heavy atom. The minimum atomic E-state index is -0.900. The lowest BCUT2D eigenvalue weighted by molar-refractivity contribution is -0.116. The normalized spacial score (nSPS) is 14.2. The van der Waals surface area contributed by atoms with Crippen LogP contribution in [-0.4, -0.2) is 71.5 Å². The third-order valence-corrected chi connectivity index (χ3v) is 10.2. The summed E-state index contributed by atoms with van der Waals surface area (Å²) in [5.74, 6) is 0.423. The molecule has 0 unspecified atom stereocenters. The number of hydrogen-bond acceptors (Lipinski definition) is 10. The summed E-state index contributed by atoms with van der Waals surface area (Å²) < 4.78 is 11.4. The Hall–Kier alpha value is -5.21. The Bertz CT molecular complexity index is 2080. The van der Waals surface area contributed by atoms with Gasteiger partial charge in [0.1, 0.15) is 17.6 Å². The largest absolute Gasteiger partial charge is 0.506 e. The molecule has 0 radical (unpaired) electrons. The van der Waals surface area contributed by atoms with Crippen LogP contribution in [0.3, 0.4) is 0 Å². The molecule has 1 aliphatic rings. The van der Waals surface area contributed by atoms with E-state index < -0.39 is 12.2 Å². The van der Waals surface area contributed by atoms with Crippen LogP contribution in [0.4, 0.5) is 16.2 Å². The molecule has 5 aromatic rings. The van der Waals surface area contributed by atoms with Crippen LogP contribution in [0.2, 0.25) is 0 Å². The van der Waals surface area contributed by atoms with E-state index in [9.17, 15) is 24.6 Å². The Labute approximate surface area is 305 Å². The van der Waals surface area contributed by atoms with E-state index in [0.29, 0.717) is 54.7 Å². The van der Waals surface area contributed by atoms with Crippen LogP contribution in [0, 0.1) is 6.92 Å². The van der Waals surface area contributed by atoms with Gasteiger partial charge in [0.25, 0.3) is 0 Å². The molecular formula is C39H43N5O7S. The number of piperidine rings is 1. The number of phenols is 1. The molecule has 0 saturated carbocycles. The van der Waals surface area contributed by atoms with E-state index in [1.54, 1.807) is 36.6 Å². The molecule has 0 aliphatic carbocycles. The van der Waals surface area contributed by atoms with Crippen LogP contribution in [0.15, 0.2) is 83.0 Å². The number of thiophene rings is 1. The van der Waals surface area contributed by atoms with Gasteiger partial charge in [-0.25, -0.2) is 4.79 Å². The fourth-order valence-electron chi connectivity index (χ4n) is 6.45. The average molecular weight is 726 g/mol. The Morgan fingerprint density at radius 2 is 1.81 bits per heavy atom. The molecule has 6 N–H and O–H groups in total. The minimum Gasteiger partial charge on any atom is -0.506 e. The number of aromatic nitrogens is 1. The van der Waals surface area contributed by atoms with Crippen molar-refractivity contribution in [2.24, 2.45) is 0 Å². The van der Waals surface area contributed by atoms with E-state index in [0.717, 1.165) is 40.3 Å². The number of aliphatic hydroxyl groups is 1. The number of nitrogens with zero attached hydrogens (tertiary/aromatic N) is 1. The zero-order chi connectivity index (χ0) is 36.6. The second-order valence-electron chi connectivity index (χ2n) is 12.8. The zero-order valence-electron chi connectivity index (χ0n) is 29.1. The number of ether oxygens (including phenoxy) is 2. The second-order valence-corrected chi connectivity index (χ2v) is 13.7. The summed E-state index contributed by atoms with van der Waals surface area (Å²) in [7, 11) is 1.57. The number of aromatic amines is 1. The number of pyridine rings is 1. The first kappa shape index (κ1) is 36.6. The van der Waals surface area contributed by atoms with Crippen molar-refractivity contribution in [3.63, 3.8) is 0 Å². The Kier molecular flexibility index (Phi) is 11.9. The van der Waals surface area contributed by atoms with Crippen molar-refractivity contribution < 1.29 is 29.3 Å². The molecule has 1 saturated heterocycles. The number of nitrogens with one attached hydrogen (secondary N) is 4. The van der Waals surface area contributed by atoms with Crippen LogP contribution in [0.5, 0.6) is 11.5 Å². The molecule has 3 heterocycles. The van der Waals surface area contributed by atoms with Crippen molar-refractivity contribution in [1.29, 1.82) is 0 Å². The number of benzene rings is 3. The van der Waals surface area contributed by atoms with Gasteiger partial charge in [-0.05, 0) is 66.1 Å². The van der Waals surface area contributed by atoms with E-state index in [2.05, 4.69) is 25.8 Å². The lowest BCUT2D eigenvalue weighted by atomic mass is 10.0. The number of carbonyl (C=O) groups is 2. The molecule has 1 atom stereocenters. The number of rotatable bonds is 13. The number of carbonyl (C=O) groups excluding carboxylic acids is 2. The molecule has 2 amide bonds. The highest BCUT2D eigenvalue weighted by Crippen LogP contribution is 2.34. The summed E-state index contributed by atoms with van der Waals surface area (Å²) in [4.78, 5) is 43.2. The highest BCUT2D eigenvalue weighted by atomic mass is 32.1. The standard InChI is InChI=1S/C39H43N5O7S/c1-24-20-26(22-40-23-33(46)28-8-10-32(45)37-29(28)9-11-35(47)43-37)34(50-2)21-31(24)41-36(48)14-18-44-16-12-27(13-17-44)51-39(49)42-30-15-19-52-38(30)25-6-4-3-5-7-25/h3-11,15,19-21,27,33,40,45-46H,12-14,16-18,22-23H2,1-2H3,(H,41,48)(H,42,49)(H,43,47)/t33-/m0/s1. The van der Waals surface area contributed by atoms with Gasteiger partial charge in [0, 0.05) is 67.9 Å². The van der Waals surface area contributed by atoms with E-state index in [4.69, 9.17) is 9.47 Å². The number of amides is 2. The molecule has 0 spiro atoms. The first-order valence-electron chi connectivity index (χ1n) is 17.2. The number of likely N-dealkylation sites (tertiary alicyclic amines) is 1. The Balaban J connectivity index is 0.939. The smallest absolute Gasteiger partial charge is 0.411 e. The maximum atomic E-state index is 13.0. The van der Waals surface area contributed by atoms with Crippen LogP contribution in [-0.2, 0) is 16.1 Å². The monoisotopic (exact) mass is 725 g/mol. The van der Waals surface area contributed by atoms with Gasteiger partial charge in [-0.2, -0.15) is 0 Å². The molecule has 12 nitrogen and oxygen atoms in total. The predicted octanol–water partition coefficient (Wildman–Crippen LogP) is 6.14. The molecule has 2 aromatic heterocycles. The summed E-state index contributed by atoms with van der Waals surface area (Å²) in [5.41, 5.74) is 4.68. The molecule has 3 aromatic carbocycles. The molecule has 6 rings (SSSR count). The molecule has 13 heteroatoms. The SMILES string of the molecule is COc1cc(NC(=O)CCN2CCC(OC(=O)Nc3ccsc3-c3ccccc3)CC2)c(C)cc1CNC[C@H](O)c1ccc(O)c2[nH]c(=O)ccc12. The molecule has 1 aliphatic heterocycles. The number of anilines is 2. The summed E-state index contributed by atoms with van der Waals surface area (Å²) in [6, 6.07) is 21.6. The summed E-state index contributed by atoms with van der Waals surface area (Å²) in [6.07, 6.45) is 0.159. The molecule has 272 valence electrons. The van der Waals surface area contributed by atoms with Crippen LogP contribution >= 0.6 is 11.3 Å². The van der Waals surface area contributed by atoms with Gasteiger partial charge >= 0.3 is 6.09 Å². The van der Waals surface area contributed by atoms with Crippen LogP contribution in [0.25, 0.3) is 21.3 Å². The highest BCUT2D eigenvalue weighted by molar-refractivity contribution is 7.14. The fourth-order valence-corrected chi connectivity index (χ4v) is 7.31. The number of aliphatic hydroxyl groups excluding tert-OH is 1. The zero-order valence-corrected chi connectivity index (χ0v) is 29.9. The summed E-state index contributed by atoms with van der Waals surface area (Å²) in [5, 5.41) is 32.7. The van der Waals surface area contributed by atoms with E-state index >= 15 is 0 Å². The lowest BCUT2D eigenvalue weighted by Gasteiger charge is -2.31. The van der Waals surface area contributed by atoms with Gasteiger partial charge in [0.05, 0.1) is 29.3 Å². The second kappa shape index (κ2) is 16.9.